The highest BCUT2D eigenvalue weighted by Gasteiger charge is 1.99. The van der Waals surface area contributed by atoms with E-state index in [0.29, 0.717) is 12.5 Å². The van der Waals surface area contributed by atoms with Gasteiger partial charge in [-0.3, -0.25) is 0 Å². The molecule has 2 aromatic rings. The van der Waals surface area contributed by atoms with Crippen molar-refractivity contribution in [1.29, 1.82) is 0 Å². The monoisotopic (exact) mass is 244 g/mol. The Bertz CT molecular complexity index is 497. The summed E-state index contributed by atoms with van der Waals surface area (Å²) in [6, 6.07) is 13.4. The Morgan fingerprint density at radius 1 is 1.11 bits per heavy atom. The minimum atomic E-state index is 0.427. The summed E-state index contributed by atoms with van der Waals surface area (Å²) in [5, 5.41) is 3.06. The van der Waals surface area contributed by atoms with Crippen LogP contribution in [0.25, 0.3) is 0 Å². The molecule has 0 aliphatic carbocycles. The number of hydrogen-bond acceptors (Lipinski definition) is 4. The molecule has 0 spiro atoms. The van der Waals surface area contributed by atoms with Gasteiger partial charge in [0.05, 0.1) is 12.8 Å². The van der Waals surface area contributed by atoms with Crippen LogP contribution in [0.5, 0.6) is 11.6 Å². The third kappa shape index (κ3) is 3.13. The summed E-state index contributed by atoms with van der Waals surface area (Å²) in [5.74, 6) is 1.42. The van der Waals surface area contributed by atoms with Gasteiger partial charge in [0.1, 0.15) is 12.4 Å². The Morgan fingerprint density at radius 3 is 2.56 bits per heavy atom. The highest BCUT2D eigenvalue weighted by molar-refractivity contribution is 5.45. The zero-order chi connectivity index (χ0) is 12.8. The summed E-state index contributed by atoms with van der Waals surface area (Å²) in [6.45, 7) is 0.427. The van der Waals surface area contributed by atoms with E-state index in [1.807, 2.05) is 49.5 Å². The molecule has 0 radical (unpaired) electrons. The van der Waals surface area contributed by atoms with E-state index in [0.717, 1.165) is 17.1 Å². The molecule has 0 saturated carbocycles. The molecule has 0 aliphatic rings. The van der Waals surface area contributed by atoms with Crippen LogP contribution in [0.3, 0.4) is 0 Å². The highest BCUT2D eigenvalue weighted by atomic mass is 16.5. The lowest BCUT2D eigenvalue weighted by atomic mass is 10.3. The van der Waals surface area contributed by atoms with E-state index in [1.54, 1.807) is 7.11 Å². The van der Waals surface area contributed by atoms with Gasteiger partial charge in [0.25, 0.3) is 0 Å². The summed E-state index contributed by atoms with van der Waals surface area (Å²) < 4.78 is 10.7. The first-order chi connectivity index (χ1) is 8.81. The number of benzene rings is 1. The van der Waals surface area contributed by atoms with E-state index < -0.39 is 0 Å². The predicted molar refractivity (Wildman–Crippen MR) is 71.1 cm³/mol. The lowest BCUT2D eigenvalue weighted by Gasteiger charge is -2.07. The maximum absolute atomic E-state index is 5.65. The molecule has 1 aromatic heterocycles. The largest absolute Gasteiger partial charge is 0.487 e. The number of anilines is 1. The summed E-state index contributed by atoms with van der Waals surface area (Å²) in [4.78, 5) is 4.28. The van der Waals surface area contributed by atoms with Crippen molar-refractivity contribution < 1.29 is 9.47 Å². The molecule has 94 valence electrons. The van der Waals surface area contributed by atoms with Gasteiger partial charge in [0.2, 0.25) is 5.88 Å². The van der Waals surface area contributed by atoms with Gasteiger partial charge in [-0.1, -0.05) is 6.07 Å². The molecule has 18 heavy (non-hydrogen) atoms. The molecule has 4 nitrogen and oxygen atoms in total. The van der Waals surface area contributed by atoms with Crippen molar-refractivity contribution in [2.75, 3.05) is 19.5 Å². The Morgan fingerprint density at radius 2 is 1.89 bits per heavy atom. The molecule has 0 fully saturated rings. The fraction of sp³-hybridized carbons (Fsp3) is 0.214. The first-order valence-electron chi connectivity index (χ1n) is 5.72. The summed E-state index contributed by atoms with van der Waals surface area (Å²) in [6.07, 6.45) is 0. The SMILES string of the molecule is CNc1ccc(OCc2cccc(OC)n2)cc1. The van der Waals surface area contributed by atoms with Gasteiger partial charge in [-0.25, -0.2) is 4.98 Å². The first-order valence-corrected chi connectivity index (χ1v) is 5.72. The topological polar surface area (TPSA) is 43.4 Å². The van der Waals surface area contributed by atoms with Crippen LogP contribution in [-0.4, -0.2) is 19.1 Å². The van der Waals surface area contributed by atoms with Gasteiger partial charge in [-0.2, -0.15) is 0 Å². The number of hydrogen-bond donors (Lipinski definition) is 1. The van der Waals surface area contributed by atoms with E-state index in [1.165, 1.54) is 0 Å². The zero-order valence-electron chi connectivity index (χ0n) is 10.5. The van der Waals surface area contributed by atoms with Crippen LogP contribution in [0, 0.1) is 0 Å². The third-order valence-corrected chi connectivity index (χ3v) is 2.52. The molecule has 0 aliphatic heterocycles. The normalized spacial score (nSPS) is 9.89. The summed E-state index contributed by atoms with van der Waals surface area (Å²) in [5.41, 5.74) is 1.90. The second-order valence-electron chi connectivity index (χ2n) is 3.73. The predicted octanol–water partition coefficient (Wildman–Crippen LogP) is 2.71. The molecular formula is C14H16N2O2. The Kier molecular flexibility index (Phi) is 4.02. The van der Waals surface area contributed by atoms with E-state index in [-0.39, 0.29) is 0 Å². The van der Waals surface area contributed by atoms with Gasteiger partial charge in [-0.05, 0) is 30.3 Å². The third-order valence-electron chi connectivity index (χ3n) is 2.52. The molecule has 0 atom stereocenters. The van der Waals surface area contributed by atoms with E-state index in [4.69, 9.17) is 9.47 Å². The smallest absolute Gasteiger partial charge is 0.213 e. The van der Waals surface area contributed by atoms with Crippen LogP contribution < -0.4 is 14.8 Å². The summed E-state index contributed by atoms with van der Waals surface area (Å²) >= 11 is 0. The van der Waals surface area contributed by atoms with Crippen molar-refractivity contribution >= 4 is 5.69 Å². The van der Waals surface area contributed by atoms with Crippen LogP contribution in [-0.2, 0) is 6.61 Å². The van der Waals surface area contributed by atoms with Gasteiger partial charge < -0.3 is 14.8 Å². The maximum Gasteiger partial charge on any atom is 0.213 e. The lowest BCUT2D eigenvalue weighted by Crippen LogP contribution is -1.99. The van der Waals surface area contributed by atoms with Crippen molar-refractivity contribution in [1.82, 2.24) is 4.98 Å². The number of pyridine rings is 1. The van der Waals surface area contributed by atoms with Crippen LogP contribution in [0.1, 0.15) is 5.69 Å². The fourth-order valence-corrected chi connectivity index (χ4v) is 1.53. The van der Waals surface area contributed by atoms with Crippen LogP contribution in [0.4, 0.5) is 5.69 Å². The zero-order valence-corrected chi connectivity index (χ0v) is 10.5. The first kappa shape index (κ1) is 12.2. The van der Waals surface area contributed by atoms with Crippen molar-refractivity contribution in [3.05, 3.63) is 48.2 Å². The molecule has 0 bridgehead atoms. The average molecular weight is 244 g/mol. The van der Waals surface area contributed by atoms with Crippen molar-refractivity contribution in [2.24, 2.45) is 0 Å². The second kappa shape index (κ2) is 5.91. The Balaban J connectivity index is 1.97. The average Bonchev–Trinajstić information content (AvgIpc) is 2.46. The van der Waals surface area contributed by atoms with Crippen molar-refractivity contribution in [2.45, 2.75) is 6.61 Å². The Hall–Kier alpha value is -2.23. The van der Waals surface area contributed by atoms with Gasteiger partial charge >= 0.3 is 0 Å². The minimum Gasteiger partial charge on any atom is -0.487 e. The van der Waals surface area contributed by atoms with Crippen LogP contribution in [0.15, 0.2) is 42.5 Å². The molecule has 2 rings (SSSR count). The lowest BCUT2D eigenvalue weighted by molar-refractivity contribution is 0.298. The van der Waals surface area contributed by atoms with Crippen molar-refractivity contribution in [3.8, 4) is 11.6 Å². The molecule has 1 aromatic carbocycles. The molecule has 1 N–H and O–H groups in total. The number of ether oxygens (including phenoxy) is 2. The molecule has 1 heterocycles. The molecule has 4 heteroatoms. The fourth-order valence-electron chi connectivity index (χ4n) is 1.53. The number of methoxy groups -OCH3 is 1. The van der Waals surface area contributed by atoms with E-state index >= 15 is 0 Å². The number of nitrogens with zero attached hydrogens (tertiary/aromatic N) is 1. The molecule has 0 saturated heterocycles. The standard InChI is InChI=1S/C14H16N2O2/c1-15-11-6-8-13(9-7-11)18-10-12-4-3-5-14(16-12)17-2/h3-9,15H,10H2,1-2H3. The number of nitrogens with one attached hydrogen (secondary N) is 1. The number of aromatic nitrogens is 1. The van der Waals surface area contributed by atoms with Gasteiger partial charge in [-0.15, -0.1) is 0 Å². The van der Waals surface area contributed by atoms with Gasteiger partial charge in [0, 0.05) is 18.8 Å². The van der Waals surface area contributed by atoms with Gasteiger partial charge in [0.15, 0.2) is 0 Å². The van der Waals surface area contributed by atoms with E-state index in [9.17, 15) is 0 Å². The summed E-state index contributed by atoms with van der Waals surface area (Å²) in [7, 11) is 3.49. The van der Waals surface area contributed by atoms with Crippen LogP contribution in [0.2, 0.25) is 0 Å². The maximum atomic E-state index is 5.65. The van der Waals surface area contributed by atoms with Crippen LogP contribution >= 0.6 is 0 Å². The van der Waals surface area contributed by atoms with E-state index in [2.05, 4.69) is 10.3 Å². The minimum absolute atomic E-state index is 0.427. The molecular weight excluding hydrogens is 228 g/mol. The second-order valence-corrected chi connectivity index (χ2v) is 3.73. The molecule has 0 unspecified atom stereocenters. The highest BCUT2D eigenvalue weighted by Crippen LogP contribution is 2.16. The number of rotatable bonds is 5. The Labute approximate surface area is 107 Å². The van der Waals surface area contributed by atoms with Crippen molar-refractivity contribution in [3.63, 3.8) is 0 Å². The molecule has 0 amide bonds. The quantitative estimate of drug-likeness (QED) is 0.878.